The van der Waals surface area contributed by atoms with Gasteiger partial charge in [-0.2, -0.15) is 0 Å². The maximum atomic E-state index is 11.7. The van der Waals surface area contributed by atoms with Crippen molar-refractivity contribution in [3.8, 4) is 0 Å². The van der Waals surface area contributed by atoms with Gasteiger partial charge in [0.1, 0.15) is 6.61 Å². The summed E-state index contributed by atoms with van der Waals surface area (Å²) in [6.45, 7) is 1.76. The highest BCUT2D eigenvalue weighted by Crippen LogP contribution is 2.21. The molecule has 0 saturated heterocycles. The number of benzene rings is 1. The van der Waals surface area contributed by atoms with Gasteiger partial charge in [0.05, 0.1) is 25.2 Å². The van der Waals surface area contributed by atoms with E-state index in [1.54, 1.807) is 12.1 Å². The lowest BCUT2D eigenvalue weighted by molar-refractivity contribution is -0.149. The van der Waals surface area contributed by atoms with Crippen LogP contribution < -0.4 is 5.32 Å². The number of nitrogens with one attached hydrogen (secondary N) is 1. The Kier molecular flexibility index (Phi) is 11.1. The van der Waals surface area contributed by atoms with E-state index in [2.05, 4.69) is 5.32 Å². The van der Waals surface area contributed by atoms with Gasteiger partial charge in [0, 0.05) is 12.1 Å². The normalized spacial score (nSPS) is 11.1. The quantitative estimate of drug-likeness (QED) is 0.358. The van der Waals surface area contributed by atoms with Crippen molar-refractivity contribution in [3.63, 3.8) is 0 Å². The molecule has 0 atom stereocenters. The number of carbonyl (C=O) groups excluding carboxylic acids is 2. The third-order valence-corrected chi connectivity index (χ3v) is 4.49. The molecule has 0 aliphatic heterocycles. The Balaban J connectivity index is 2.03. The van der Waals surface area contributed by atoms with Crippen LogP contribution in [-0.4, -0.2) is 48.7 Å². The number of rotatable bonds is 13. The summed E-state index contributed by atoms with van der Waals surface area (Å²) in [5, 5.41) is 21.3. The van der Waals surface area contributed by atoms with Gasteiger partial charge in [-0.15, -0.1) is 0 Å². The maximum Gasteiger partial charge on any atom is 0.411 e. The summed E-state index contributed by atoms with van der Waals surface area (Å²) in [5.74, 6) is -0.326. The van der Waals surface area contributed by atoms with E-state index in [0.29, 0.717) is 31.6 Å². The topological polar surface area (TPSA) is 105 Å². The van der Waals surface area contributed by atoms with Gasteiger partial charge >= 0.3 is 12.1 Å². The van der Waals surface area contributed by atoms with Gasteiger partial charge in [-0.1, -0.05) is 38.0 Å². The van der Waals surface area contributed by atoms with Crippen molar-refractivity contribution in [2.75, 3.05) is 31.7 Å². The van der Waals surface area contributed by atoms with E-state index in [4.69, 9.17) is 9.47 Å². The fraction of sp³-hybridized carbons (Fsp3) is 0.600. The molecule has 0 aliphatic rings. The zero-order valence-electron chi connectivity index (χ0n) is 16.0. The molecular formula is C20H31NO6. The Morgan fingerprint density at radius 2 is 1.67 bits per heavy atom. The van der Waals surface area contributed by atoms with Gasteiger partial charge in [0.2, 0.25) is 0 Å². The average molecular weight is 381 g/mol. The molecule has 1 rings (SSSR count). The minimum atomic E-state index is -0.757. The Bertz CT molecular complexity index is 536. The first-order valence-corrected chi connectivity index (χ1v) is 9.41. The van der Waals surface area contributed by atoms with E-state index >= 15 is 0 Å². The van der Waals surface area contributed by atoms with E-state index in [-0.39, 0.29) is 25.8 Å². The van der Waals surface area contributed by atoms with Gasteiger partial charge in [0.25, 0.3) is 0 Å². The van der Waals surface area contributed by atoms with Crippen LogP contribution in [0.3, 0.4) is 0 Å². The van der Waals surface area contributed by atoms with Crippen LogP contribution in [0.5, 0.6) is 0 Å². The molecule has 0 radical (unpaired) electrons. The third-order valence-electron chi connectivity index (χ3n) is 4.49. The van der Waals surface area contributed by atoms with Crippen LogP contribution in [0.1, 0.15) is 45.4 Å². The van der Waals surface area contributed by atoms with E-state index in [9.17, 15) is 19.8 Å². The molecule has 1 aromatic carbocycles. The van der Waals surface area contributed by atoms with Crippen molar-refractivity contribution in [2.24, 2.45) is 5.41 Å². The molecule has 0 heterocycles. The van der Waals surface area contributed by atoms with Crippen LogP contribution in [0, 0.1) is 5.41 Å². The first kappa shape index (κ1) is 22.9. The molecular weight excluding hydrogens is 350 g/mol. The molecule has 7 heteroatoms. The summed E-state index contributed by atoms with van der Waals surface area (Å²) in [6, 6.07) is 9.09. The van der Waals surface area contributed by atoms with Crippen LogP contribution in [0.15, 0.2) is 30.3 Å². The van der Waals surface area contributed by atoms with Crippen LogP contribution in [0.25, 0.3) is 0 Å². The number of anilines is 1. The predicted octanol–water partition coefficient (Wildman–Crippen LogP) is 3.11. The molecule has 7 nitrogen and oxygen atoms in total. The summed E-state index contributed by atoms with van der Waals surface area (Å²) in [4.78, 5) is 23.3. The molecule has 152 valence electrons. The fourth-order valence-corrected chi connectivity index (χ4v) is 2.34. The van der Waals surface area contributed by atoms with Crippen molar-refractivity contribution < 1.29 is 29.3 Å². The van der Waals surface area contributed by atoms with Crippen LogP contribution in [-0.2, 0) is 14.3 Å². The second-order valence-corrected chi connectivity index (χ2v) is 6.62. The minimum absolute atomic E-state index is 0.0275. The van der Waals surface area contributed by atoms with E-state index < -0.39 is 11.5 Å². The molecule has 27 heavy (non-hydrogen) atoms. The Hall–Kier alpha value is -2.12. The number of amides is 1. The summed E-state index contributed by atoms with van der Waals surface area (Å²) in [7, 11) is 0. The maximum absolute atomic E-state index is 11.7. The molecule has 0 aromatic heterocycles. The largest absolute Gasteiger partial charge is 0.465 e. The number of aliphatic hydroxyl groups excluding tert-OH is 2. The number of carbonyl (C=O) groups is 2. The van der Waals surface area contributed by atoms with Gasteiger partial charge in [-0.25, -0.2) is 4.79 Å². The summed E-state index contributed by atoms with van der Waals surface area (Å²) >= 11 is 0. The van der Waals surface area contributed by atoms with E-state index in [1.807, 2.05) is 25.1 Å². The van der Waals surface area contributed by atoms with E-state index in [1.165, 1.54) is 0 Å². The van der Waals surface area contributed by atoms with Crippen molar-refractivity contribution in [3.05, 3.63) is 30.3 Å². The lowest BCUT2D eigenvalue weighted by atomic mass is 9.88. The smallest absolute Gasteiger partial charge is 0.411 e. The molecule has 3 N–H and O–H groups in total. The number of aliphatic hydroxyl groups is 2. The molecule has 0 saturated carbocycles. The summed E-state index contributed by atoms with van der Waals surface area (Å²) < 4.78 is 10.3. The van der Waals surface area contributed by atoms with Crippen molar-refractivity contribution in [1.29, 1.82) is 0 Å². The molecule has 0 spiro atoms. The van der Waals surface area contributed by atoms with E-state index in [0.717, 1.165) is 19.3 Å². The molecule has 0 unspecified atom stereocenters. The Morgan fingerprint density at radius 3 is 2.30 bits per heavy atom. The summed E-state index contributed by atoms with van der Waals surface area (Å²) in [6.07, 6.45) is 3.45. The van der Waals surface area contributed by atoms with Crippen molar-refractivity contribution >= 4 is 17.7 Å². The van der Waals surface area contributed by atoms with Gasteiger partial charge in [-0.05, 0) is 31.4 Å². The first-order chi connectivity index (χ1) is 13.0. The number of unbranched alkanes of at least 4 members (excludes halogenated alkanes) is 3. The van der Waals surface area contributed by atoms with Crippen LogP contribution in [0.2, 0.25) is 0 Å². The number of hydrogen-bond donors (Lipinski definition) is 3. The Labute approximate surface area is 160 Å². The molecule has 0 fully saturated rings. The van der Waals surface area contributed by atoms with Crippen molar-refractivity contribution in [2.45, 2.75) is 45.4 Å². The third kappa shape index (κ3) is 9.40. The van der Waals surface area contributed by atoms with Gasteiger partial charge in [-0.3, -0.25) is 10.1 Å². The molecule has 0 aliphatic carbocycles. The molecule has 1 amide bonds. The Morgan fingerprint density at radius 1 is 1.00 bits per heavy atom. The second-order valence-electron chi connectivity index (χ2n) is 6.62. The van der Waals surface area contributed by atoms with Crippen LogP contribution >= 0.6 is 0 Å². The highest BCUT2D eigenvalue weighted by atomic mass is 16.5. The molecule has 1 aromatic rings. The zero-order chi connectivity index (χ0) is 20.0. The van der Waals surface area contributed by atoms with Gasteiger partial charge < -0.3 is 19.7 Å². The number of para-hydroxylation sites is 1. The number of esters is 1. The zero-order valence-corrected chi connectivity index (χ0v) is 16.0. The second kappa shape index (κ2) is 13.1. The highest BCUT2D eigenvalue weighted by Gasteiger charge is 2.28. The minimum Gasteiger partial charge on any atom is -0.465 e. The summed E-state index contributed by atoms with van der Waals surface area (Å²) in [5.41, 5.74) is -0.0663. The first-order valence-electron chi connectivity index (χ1n) is 9.41. The number of hydrogen-bond acceptors (Lipinski definition) is 6. The highest BCUT2D eigenvalue weighted by molar-refractivity contribution is 5.84. The molecule has 0 bridgehead atoms. The van der Waals surface area contributed by atoms with Crippen molar-refractivity contribution in [1.82, 2.24) is 0 Å². The lowest BCUT2D eigenvalue weighted by Crippen LogP contribution is -2.35. The predicted molar refractivity (Wildman–Crippen MR) is 102 cm³/mol. The van der Waals surface area contributed by atoms with Gasteiger partial charge in [0.15, 0.2) is 0 Å². The lowest BCUT2D eigenvalue weighted by Gasteiger charge is -2.27. The average Bonchev–Trinajstić information content (AvgIpc) is 2.69. The standard InChI is InChI=1S/C20H31NO6/c1-2-20(14-22,15-23)16-27-18(24)12-8-3-4-9-13-26-19(25)21-17-10-6-5-7-11-17/h5-7,10-11,22-23H,2-4,8-9,12-16H2,1H3,(H,21,25). The van der Waals surface area contributed by atoms with Crippen LogP contribution in [0.4, 0.5) is 10.5 Å². The SMILES string of the molecule is CCC(CO)(CO)COC(=O)CCCCCCOC(=O)Nc1ccccc1. The monoisotopic (exact) mass is 381 g/mol. The fourth-order valence-electron chi connectivity index (χ4n) is 2.34. The number of ether oxygens (including phenoxy) is 2.